The lowest BCUT2D eigenvalue weighted by molar-refractivity contribution is -0.121. The highest BCUT2D eigenvalue weighted by Crippen LogP contribution is 2.17. The number of hydrogen-bond donors (Lipinski definition) is 0. The first-order valence-corrected chi connectivity index (χ1v) is 9.32. The molecule has 0 rings (SSSR count). The highest BCUT2D eigenvalue weighted by Gasteiger charge is 2.12. The van der Waals surface area contributed by atoms with Crippen LogP contribution < -0.4 is 0 Å². The van der Waals surface area contributed by atoms with Crippen LogP contribution in [-0.2, 0) is 4.79 Å². The second-order valence-corrected chi connectivity index (χ2v) is 6.49. The maximum absolute atomic E-state index is 11.4. The standard InChI is InChI=1S/C18H35ClO/c1-3-4-5-6-7-8-9-10-11-12-13-14-18(15-16-19)17(2)20/h18H,3-16H2,1-2H3. The van der Waals surface area contributed by atoms with Crippen LogP contribution in [0.15, 0.2) is 0 Å². The fourth-order valence-electron chi connectivity index (χ4n) is 2.74. The summed E-state index contributed by atoms with van der Waals surface area (Å²) in [6, 6.07) is 0. The predicted molar refractivity (Wildman–Crippen MR) is 90.6 cm³/mol. The molecular weight excluding hydrogens is 268 g/mol. The third kappa shape index (κ3) is 13.0. The van der Waals surface area contributed by atoms with E-state index in [1.54, 1.807) is 6.92 Å². The number of hydrogen-bond acceptors (Lipinski definition) is 1. The Bertz CT molecular complexity index is 215. The van der Waals surface area contributed by atoms with Gasteiger partial charge in [-0.2, -0.15) is 0 Å². The van der Waals surface area contributed by atoms with Gasteiger partial charge in [0.1, 0.15) is 5.78 Å². The summed E-state index contributed by atoms with van der Waals surface area (Å²) in [7, 11) is 0. The van der Waals surface area contributed by atoms with Crippen LogP contribution in [0.5, 0.6) is 0 Å². The highest BCUT2D eigenvalue weighted by atomic mass is 35.5. The average Bonchev–Trinajstić information content (AvgIpc) is 2.43. The zero-order chi connectivity index (χ0) is 15.1. The molecule has 0 aromatic heterocycles. The lowest BCUT2D eigenvalue weighted by atomic mass is 9.94. The van der Waals surface area contributed by atoms with Crippen molar-refractivity contribution in [2.24, 2.45) is 5.92 Å². The topological polar surface area (TPSA) is 17.1 Å². The van der Waals surface area contributed by atoms with Crippen molar-refractivity contribution in [3.05, 3.63) is 0 Å². The van der Waals surface area contributed by atoms with Crippen molar-refractivity contribution < 1.29 is 4.79 Å². The third-order valence-corrected chi connectivity index (χ3v) is 4.41. The normalized spacial score (nSPS) is 12.6. The summed E-state index contributed by atoms with van der Waals surface area (Å²) < 4.78 is 0. The maximum Gasteiger partial charge on any atom is 0.132 e. The molecule has 2 heteroatoms. The Morgan fingerprint density at radius 2 is 1.25 bits per heavy atom. The van der Waals surface area contributed by atoms with Crippen molar-refractivity contribution in [2.75, 3.05) is 5.88 Å². The highest BCUT2D eigenvalue weighted by molar-refractivity contribution is 6.18. The molecule has 120 valence electrons. The van der Waals surface area contributed by atoms with Gasteiger partial charge in [-0.25, -0.2) is 0 Å². The molecule has 0 bridgehead atoms. The Morgan fingerprint density at radius 3 is 1.65 bits per heavy atom. The lowest BCUT2D eigenvalue weighted by Crippen LogP contribution is -2.11. The van der Waals surface area contributed by atoms with Gasteiger partial charge >= 0.3 is 0 Å². The second-order valence-electron chi connectivity index (χ2n) is 6.11. The van der Waals surface area contributed by atoms with Gasteiger partial charge < -0.3 is 0 Å². The van der Waals surface area contributed by atoms with Gasteiger partial charge in [0.05, 0.1) is 0 Å². The number of Topliss-reactive ketones (excluding diaryl/α,β-unsaturated/α-hetero) is 1. The van der Waals surface area contributed by atoms with Crippen LogP contribution in [0, 0.1) is 5.92 Å². The van der Waals surface area contributed by atoms with E-state index in [0.29, 0.717) is 11.7 Å². The molecule has 0 saturated heterocycles. The van der Waals surface area contributed by atoms with Crippen molar-refractivity contribution in [1.29, 1.82) is 0 Å². The molecule has 1 nitrogen and oxygen atoms in total. The van der Waals surface area contributed by atoms with Crippen LogP contribution in [0.3, 0.4) is 0 Å². The maximum atomic E-state index is 11.4. The number of carbonyl (C=O) groups excluding carboxylic acids is 1. The zero-order valence-corrected chi connectivity index (χ0v) is 14.5. The monoisotopic (exact) mass is 302 g/mol. The minimum Gasteiger partial charge on any atom is -0.300 e. The summed E-state index contributed by atoms with van der Waals surface area (Å²) in [4.78, 5) is 11.4. The number of carbonyl (C=O) groups is 1. The molecule has 0 spiro atoms. The zero-order valence-electron chi connectivity index (χ0n) is 13.8. The van der Waals surface area contributed by atoms with E-state index in [4.69, 9.17) is 11.6 Å². The summed E-state index contributed by atoms with van der Waals surface area (Å²) in [5.74, 6) is 1.14. The van der Waals surface area contributed by atoms with Crippen LogP contribution in [0.25, 0.3) is 0 Å². The van der Waals surface area contributed by atoms with Crippen molar-refractivity contribution in [2.45, 2.75) is 97.3 Å². The molecule has 0 aliphatic heterocycles. The first kappa shape index (κ1) is 20.0. The van der Waals surface area contributed by atoms with E-state index in [0.717, 1.165) is 12.8 Å². The fourth-order valence-corrected chi connectivity index (χ4v) is 3.00. The molecule has 0 heterocycles. The molecule has 0 amide bonds. The lowest BCUT2D eigenvalue weighted by Gasteiger charge is -2.11. The fraction of sp³-hybridized carbons (Fsp3) is 0.944. The Balaban J connectivity index is 3.25. The van der Waals surface area contributed by atoms with Gasteiger partial charge in [-0.1, -0.05) is 77.6 Å². The third-order valence-electron chi connectivity index (χ3n) is 4.19. The van der Waals surface area contributed by atoms with Crippen LogP contribution in [-0.4, -0.2) is 11.7 Å². The van der Waals surface area contributed by atoms with Gasteiger partial charge in [0.25, 0.3) is 0 Å². The summed E-state index contributed by atoms with van der Waals surface area (Å²) in [5.41, 5.74) is 0. The van der Waals surface area contributed by atoms with E-state index < -0.39 is 0 Å². The number of rotatable bonds is 15. The molecule has 0 N–H and O–H groups in total. The minimum absolute atomic E-state index is 0.214. The second kappa shape index (κ2) is 15.4. The molecule has 20 heavy (non-hydrogen) atoms. The smallest absolute Gasteiger partial charge is 0.132 e. The SMILES string of the molecule is CCCCCCCCCCCCCC(CCCl)C(C)=O. The molecule has 0 radical (unpaired) electrons. The number of alkyl halides is 1. The number of ketones is 1. The Labute approximate surface area is 131 Å². The van der Waals surface area contributed by atoms with Gasteiger partial charge in [0.15, 0.2) is 0 Å². The van der Waals surface area contributed by atoms with Crippen molar-refractivity contribution in [3.8, 4) is 0 Å². The molecule has 0 fully saturated rings. The van der Waals surface area contributed by atoms with Crippen LogP contribution >= 0.6 is 11.6 Å². The van der Waals surface area contributed by atoms with E-state index >= 15 is 0 Å². The van der Waals surface area contributed by atoms with Crippen molar-refractivity contribution in [1.82, 2.24) is 0 Å². The molecule has 0 aliphatic rings. The molecule has 0 aromatic rings. The van der Waals surface area contributed by atoms with Gasteiger partial charge in [0, 0.05) is 11.8 Å². The van der Waals surface area contributed by atoms with E-state index in [-0.39, 0.29) is 5.92 Å². The molecule has 0 aromatic carbocycles. The number of unbranched alkanes of at least 4 members (excludes halogenated alkanes) is 10. The molecule has 1 unspecified atom stereocenters. The van der Waals surface area contributed by atoms with Crippen LogP contribution in [0.2, 0.25) is 0 Å². The quantitative estimate of drug-likeness (QED) is 0.248. The van der Waals surface area contributed by atoms with Crippen molar-refractivity contribution in [3.63, 3.8) is 0 Å². The van der Waals surface area contributed by atoms with Gasteiger partial charge in [0.2, 0.25) is 0 Å². The van der Waals surface area contributed by atoms with Crippen molar-refractivity contribution >= 4 is 17.4 Å². The van der Waals surface area contributed by atoms with E-state index in [9.17, 15) is 4.79 Å². The number of halogens is 1. The largest absolute Gasteiger partial charge is 0.300 e. The Kier molecular flexibility index (Phi) is 15.3. The Hall–Kier alpha value is -0.0400. The predicted octanol–water partition coefficient (Wildman–Crippen LogP) is 6.52. The van der Waals surface area contributed by atoms with E-state index in [2.05, 4.69) is 6.92 Å². The van der Waals surface area contributed by atoms with Gasteiger partial charge in [-0.3, -0.25) is 4.79 Å². The van der Waals surface area contributed by atoms with Gasteiger partial charge in [-0.15, -0.1) is 11.6 Å². The summed E-state index contributed by atoms with van der Waals surface area (Å²) >= 11 is 5.73. The summed E-state index contributed by atoms with van der Waals surface area (Å²) in [5, 5.41) is 0. The van der Waals surface area contributed by atoms with E-state index in [1.807, 2.05) is 0 Å². The van der Waals surface area contributed by atoms with Crippen LogP contribution in [0.4, 0.5) is 0 Å². The molecule has 1 atom stereocenters. The Morgan fingerprint density at radius 1 is 0.800 bits per heavy atom. The summed E-state index contributed by atoms with van der Waals surface area (Å²) in [6.07, 6.45) is 16.9. The summed E-state index contributed by atoms with van der Waals surface area (Å²) in [6.45, 7) is 3.97. The molecular formula is C18H35ClO. The van der Waals surface area contributed by atoms with Crippen LogP contribution in [0.1, 0.15) is 97.3 Å². The first-order valence-electron chi connectivity index (χ1n) is 8.78. The van der Waals surface area contributed by atoms with E-state index in [1.165, 1.54) is 70.6 Å². The molecule has 0 aliphatic carbocycles. The average molecular weight is 303 g/mol. The molecule has 0 saturated carbocycles. The van der Waals surface area contributed by atoms with Gasteiger partial charge in [-0.05, 0) is 19.8 Å². The minimum atomic E-state index is 0.214. The first-order chi connectivity index (χ1) is 9.72.